The van der Waals surface area contributed by atoms with Gasteiger partial charge in [0.25, 0.3) is 0 Å². The lowest BCUT2D eigenvalue weighted by Gasteiger charge is -2.17. The first kappa shape index (κ1) is 14.7. The summed E-state index contributed by atoms with van der Waals surface area (Å²) < 4.78 is 10.5. The molecule has 0 bridgehead atoms. The molecular formula is C15H21NO4. The highest BCUT2D eigenvalue weighted by Gasteiger charge is 2.24. The molecule has 5 heteroatoms. The minimum Gasteiger partial charge on any atom is -0.493 e. The van der Waals surface area contributed by atoms with Crippen molar-refractivity contribution in [3.05, 3.63) is 23.8 Å². The van der Waals surface area contributed by atoms with Gasteiger partial charge in [-0.15, -0.1) is 0 Å². The van der Waals surface area contributed by atoms with Gasteiger partial charge in [-0.2, -0.15) is 0 Å². The summed E-state index contributed by atoms with van der Waals surface area (Å²) in [6, 6.07) is 5.90. The predicted molar refractivity (Wildman–Crippen MR) is 75.2 cm³/mol. The average molecular weight is 279 g/mol. The number of benzene rings is 1. The first-order valence-corrected chi connectivity index (χ1v) is 6.77. The smallest absolute Gasteiger partial charge is 0.303 e. The monoisotopic (exact) mass is 279 g/mol. The second-order valence-corrected chi connectivity index (χ2v) is 5.18. The largest absolute Gasteiger partial charge is 0.493 e. The van der Waals surface area contributed by atoms with Gasteiger partial charge < -0.3 is 14.6 Å². The third kappa shape index (κ3) is 3.63. The Balaban J connectivity index is 1.95. The van der Waals surface area contributed by atoms with Crippen LogP contribution in [0.15, 0.2) is 18.2 Å². The molecular weight excluding hydrogens is 258 g/mol. The number of likely N-dealkylation sites (tertiary alicyclic amines) is 1. The molecule has 1 aromatic carbocycles. The van der Waals surface area contributed by atoms with Gasteiger partial charge in [-0.3, -0.25) is 9.69 Å². The molecule has 1 atom stereocenters. The number of hydrogen-bond acceptors (Lipinski definition) is 4. The summed E-state index contributed by atoms with van der Waals surface area (Å²) >= 11 is 0. The van der Waals surface area contributed by atoms with E-state index >= 15 is 0 Å². The second kappa shape index (κ2) is 6.61. The Hall–Kier alpha value is -1.75. The van der Waals surface area contributed by atoms with Gasteiger partial charge in [-0.1, -0.05) is 6.07 Å². The van der Waals surface area contributed by atoms with E-state index < -0.39 is 5.97 Å². The molecule has 110 valence electrons. The van der Waals surface area contributed by atoms with Crippen LogP contribution in [0, 0.1) is 5.92 Å². The Morgan fingerprint density at radius 2 is 2.10 bits per heavy atom. The van der Waals surface area contributed by atoms with E-state index in [9.17, 15) is 4.79 Å². The molecule has 0 saturated carbocycles. The Kier molecular flexibility index (Phi) is 4.84. The Morgan fingerprint density at radius 3 is 2.75 bits per heavy atom. The number of aliphatic carboxylic acids is 1. The van der Waals surface area contributed by atoms with Crippen molar-refractivity contribution in [3.8, 4) is 11.5 Å². The van der Waals surface area contributed by atoms with Crippen LogP contribution < -0.4 is 9.47 Å². The molecule has 0 aromatic heterocycles. The van der Waals surface area contributed by atoms with Crippen molar-refractivity contribution in [2.24, 2.45) is 5.92 Å². The van der Waals surface area contributed by atoms with Crippen LogP contribution in [0.3, 0.4) is 0 Å². The minimum absolute atomic E-state index is 0.266. The molecule has 1 aliphatic rings. The molecule has 20 heavy (non-hydrogen) atoms. The Morgan fingerprint density at radius 1 is 1.35 bits per heavy atom. The van der Waals surface area contributed by atoms with E-state index in [0.29, 0.717) is 0 Å². The summed E-state index contributed by atoms with van der Waals surface area (Å²) in [4.78, 5) is 13.0. The van der Waals surface area contributed by atoms with Gasteiger partial charge in [0, 0.05) is 19.5 Å². The number of ether oxygens (including phenoxy) is 2. The van der Waals surface area contributed by atoms with Crippen LogP contribution in [0.25, 0.3) is 0 Å². The van der Waals surface area contributed by atoms with E-state index in [1.54, 1.807) is 14.2 Å². The fraction of sp³-hybridized carbons (Fsp3) is 0.533. The van der Waals surface area contributed by atoms with Crippen molar-refractivity contribution >= 4 is 5.97 Å². The quantitative estimate of drug-likeness (QED) is 0.863. The highest BCUT2D eigenvalue weighted by atomic mass is 16.5. The van der Waals surface area contributed by atoms with E-state index in [0.717, 1.165) is 43.1 Å². The zero-order valence-corrected chi connectivity index (χ0v) is 12.0. The fourth-order valence-corrected chi connectivity index (χ4v) is 2.71. The maximum atomic E-state index is 10.7. The number of carbonyl (C=O) groups is 1. The summed E-state index contributed by atoms with van der Waals surface area (Å²) in [5.41, 5.74) is 1.15. The number of hydrogen-bond donors (Lipinski definition) is 1. The summed E-state index contributed by atoms with van der Waals surface area (Å²) in [5, 5.41) is 8.83. The molecule has 1 aromatic rings. The van der Waals surface area contributed by atoms with Crippen LogP contribution in [0.4, 0.5) is 0 Å². The first-order chi connectivity index (χ1) is 9.62. The van der Waals surface area contributed by atoms with Crippen molar-refractivity contribution in [1.82, 2.24) is 4.90 Å². The topological polar surface area (TPSA) is 59.0 Å². The van der Waals surface area contributed by atoms with Crippen molar-refractivity contribution in [3.63, 3.8) is 0 Å². The van der Waals surface area contributed by atoms with Crippen molar-refractivity contribution in [2.45, 2.75) is 19.4 Å². The van der Waals surface area contributed by atoms with Gasteiger partial charge >= 0.3 is 5.97 Å². The predicted octanol–water partition coefficient (Wildman–Crippen LogP) is 2.00. The summed E-state index contributed by atoms with van der Waals surface area (Å²) in [7, 11) is 3.24. The SMILES string of the molecule is COc1ccc(CN2CCC(CC(=O)O)C2)cc1OC. The maximum Gasteiger partial charge on any atom is 0.303 e. The number of carboxylic acid groups (broad SMARTS) is 1. The third-order valence-electron chi connectivity index (χ3n) is 3.69. The lowest BCUT2D eigenvalue weighted by atomic mass is 10.1. The molecule has 2 rings (SSSR count). The summed E-state index contributed by atoms with van der Waals surface area (Å²) in [5.74, 6) is 1.02. The zero-order chi connectivity index (χ0) is 14.5. The van der Waals surface area contributed by atoms with Crippen LogP contribution in [0.5, 0.6) is 11.5 Å². The lowest BCUT2D eigenvalue weighted by molar-refractivity contribution is -0.138. The number of nitrogens with zero attached hydrogens (tertiary/aromatic N) is 1. The van der Waals surface area contributed by atoms with Crippen molar-refractivity contribution in [1.29, 1.82) is 0 Å². The standard InChI is InChI=1S/C15H21NO4/c1-19-13-4-3-11(7-14(13)20-2)9-16-6-5-12(10-16)8-15(17)18/h3-4,7,12H,5-6,8-10H2,1-2H3,(H,17,18). The maximum absolute atomic E-state index is 10.7. The molecule has 0 radical (unpaired) electrons. The summed E-state index contributed by atoms with van der Waals surface area (Å²) in [6.07, 6.45) is 1.22. The zero-order valence-electron chi connectivity index (χ0n) is 12.0. The first-order valence-electron chi connectivity index (χ1n) is 6.77. The van der Waals surface area contributed by atoms with E-state index in [2.05, 4.69) is 4.90 Å². The highest BCUT2D eigenvalue weighted by Crippen LogP contribution is 2.29. The lowest BCUT2D eigenvalue weighted by Crippen LogP contribution is -2.20. The van der Waals surface area contributed by atoms with Crippen LogP contribution in [0.1, 0.15) is 18.4 Å². The van der Waals surface area contributed by atoms with Gasteiger partial charge in [-0.25, -0.2) is 0 Å². The molecule has 1 aliphatic heterocycles. The Bertz CT molecular complexity index is 475. The molecule has 0 amide bonds. The highest BCUT2D eigenvalue weighted by molar-refractivity contribution is 5.67. The molecule has 1 fully saturated rings. The fourth-order valence-electron chi connectivity index (χ4n) is 2.71. The van der Waals surface area contributed by atoms with E-state index in [1.165, 1.54) is 0 Å². The molecule has 0 spiro atoms. The molecule has 1 unspecified atom stereocenters. The molecule has 1 N–H and O–H groups in total. The normalized spacial score (nSPS) is 19.0. The van der Waals surface area contributed by atoms with E-state index in [-0.39, 0.29) is 12.3 Å². The molecule has 5 nitrogen and oxygen atoms in total. The molecule has 1 heterocycles. The number of rotatable bonds is 6. The van der Waals surface area contributed by atoms with E-state index in [1.807, 2.05) is 18.2 Å². The number of methoxy groups -OCH3 is 2. The minimum atomic E-state index is -0.706. The van der Waals surface area contributed by atoms with Crippen molar-refractivity contribution < 1.29 is 19.4 Å². The van der Waals surface area contributed by atoms with Gasteiger partial charge in [0.1, 0.15) is 0 Å². The second-order valence-electron chi connectivity index (χ2n) is 5.18. The average Bonchev–Trinajstić information content (AvgIpc) is 2.85. The van der Waals surface area contributed by atoms with Crippen molar-refractivity contribution in [2.75, 3.05) is 27.3 Å². The van der Waals surface area contributed by atoms with Gasteiger partial charge in [0.05, 0.1) is 14.2 Å². The van der Waals surface area contributed by atoms with Crippen LogP contribution in [0.2, 0.25) is 0 Å². The van der Waals surface area contributed by atoms with Gasteiger partial charge in [0.2, 0.25) is 0 Å². The third-order valence-corrected chi connectivity index (χ3v) is 3.69. The van der Waals surface area contributed by atoms with Gasteiger partial charge in [0.15, 0.2) is 11.5 Å². The van der Waals surface area contributed by atoms with Crippen LogP contribution in [-0.2, 0) is 11.3 Å². The van der Waals surface area contributed by atoms with E-state index in [4.69, 9.17) is 14.6 Å². The number of carboxylic acids is 1. The van der Waals surface area contributed by atoms with Crippen LogP contribution in [-0.4, -0.2) is 43.3 Å². The summed E-state index contributed by atoms with van der Waals surface area (Å²) in [6.45, 7) is 2.61. The van der Waals surface area contributed by atoms with Crippen LogP contribution >= 0.6 is 0 Å². The van der Waals surface area contributed by atoms with Gasteiger partial charge in [-0.05, 0) is 36.6 Å². The Labute approximate surface area is 119 Å². The molecule has 0 aliphatic carbocycles. The molecule has 1 saturated heterocycles.